The molecule has 0 bridgehead atoms. The van der Waals surface area contributed by atoms with Gasteiger partial charge in [-0.15, -0.1) is 0 Å². The van der Waals surface area contributed by atoms with E-state index in [2.05, 4.69) is 5.32 Å². The third-order valence-electron chi connectivity index (χ3n) is 2.17. The Hall–Kier alpha value is -0.770. The number of rotatable bonds is 4. The fourth-order valence-corrected chi connectivity index (χ4v) is 1.71. The molecule has 0 aromatic heterocycles. The summed E-state index contributed by atoms with van der Waals surface area (Å²) < 4.78 is 0. The van der Waals surface area contributed by atoms with E-state index in [-0.39, 0.29) is 5.02 Å². The van der Waals surface area contributed by atoms with E-state index in [9.17, 15) is 9.59 Å². The molecule has 1 N–H and O–H groups in total. The number of amides is 1. The molecule has 3 nitrogen and oxygen atoms in total. The maximum Gasteiger partial charge on any atom is 0.251 e. The zero-order valence-electron chi connectivity index (χ0n) is 8.97. The lowest BCUT2D eigenvalue weighted by Crippen LogP contribution is -2.38. The van der Waals surface area contributed by atoms with Gasteiger partial charge in [0.05, 0.1) is 10.0 Å². The maximum absolute atomic E-state index is 11.8. The van der Waals surface area contributed by atoms with Crippen molar-refractivity contribution in [2.24, 2.45) is 0 Å². The Morgan fingerprint density at radius 2 is 1.94 bits per heavy atom. The van der Waals surface area contributed by atoms with Crippen molar-refractivity contribution in [1.82, 2.24) is 5.32 Å². The van der Waals surface area contributed by atoms with E-state index >= 15 is 0 Å². The molecule has 17 heavy (non-hydrogen) atoms. The van der Waals surface area contributed by atoms with Crippen LogP contribution >= 0.6 is 34.8 Å². The molecule has 1 amide bonds. The molecule has 0 heterocycles. The Morgan fingerprint density at radius 3 is 2.41 bits per heavy atom. The van der Waals surface area contributed by atoms with E-state index in [1.165, 1.54) is 18.2 Å². The van der Waals surface area contributed by atoms with Crippen LogP contribution in [0.3, 0.4) is 0 Å². The summed E-state index contributed by atoms with van der Waals surface area (Å²) in [5, 5.41) is 2.56. The summed E-state index contributed by atoms with van der Waals surface area (Å²) in [5.41, 5.74) is 0.329. The molecule has 0 aliphatic rings. The Bertz CT molecular complexity index is 448. The van der Waals surface area contributed by atoms with Crippen LogP contribution in [-0.2, 0) is 4.79 Å². The summed E-state index contributed by atoms with van der Waals surface area (Å²) in [6.07, 6.45) is 0.426. The molecule has 1 unspecified atom stereocenters. The highest BCUT2D eigenvalue weighted by atomic mass is 35.5. The first-order valence-electron chi connectivity index (χ1n) is 4.91. The fourth-order valence-electron chi connectivity index (χ4n) is 1.20. The van der Waals surface area contributed by atoms with Crippen molar-refractivity contribution < 1.29 is 9.59 Å². The zero-order chi connectivity index (χ0) is 13.0. The molecule has 0 fully saturated rings. The van der Waals surface area contributed by atoms with Crippen LogP contribution < -0.4 is 5.32 Å². The summed E-state index contributed by atoms with van der Waals surface area (Å²) in [4.78, 5) is 22.7. The van der Waals surface area contributed by atoms with Gasteiger partial charge in [-0.25, -0.2) is 0 Å². The first-order chi connectivity index (χ1) is 7.95. The molecule has 92 valence electrons. The first-order valence-corrected chi connectivity index (χ1v) is 6.04. The predicted octanol–water partition coefficient (Wildman–Crippen LogP) is 3.27. The summed E-state index contributed by atoms with van der Waals surface area (Å²) >= 11 is 16.8. The standard InChI is InChI=1S/C11H10Cl3NO2/c1-2-9(10(14)16)15-11(17)6-3-4-7(12)8(13)5-6/h3-5,9H,2H2,1H3,(H,15,17). The highest BCUT2D eigenvalue weighted by Gasteiger charge is 2.17. The number of nitrogens with one attached hydrogen (secondary N) is 1. The van der Waals surface area contributed by atoms with Gasteiger partial charge in [0.25, 0.3) is 5.91 Å². The fraction of sp³-hybridized carbons (Fsp3) is 0.273. The minimum atomic E-state index is -0.696. The molecule has 6 heteroatoms. The summed E-state index contributed by atoms with van der Waals surface area (Å²) in [6, 6.07) is 3.78. The third kappa shape index (κ3) is 3.87. The molecule has 0 saturated heterocycles. The van der Waals surface area contributed by atoms with Gasteiger partial charge in [-0.3, -0.25) is 9.59 Å². The highest BCUT2D eigenvalue weighted by Crippen LogP contribution is 2.22. The highest BCUT2D eigenvalue weighted by molar-refractivity contribution is 6.64. The van der Waals surface area contributed by atoms with Gasteiger partial charge in [-0.05, 0) is 36.2 Å². The first kappa shape index (κ1) is 14.3. The second-order valence-electron chi connectivity index (χ2n) is 3.37. The number of carbonyl (C=O) groups is 2. The van der Waals surface area contributed by atoms with Crippen molar-refractivity contribution in [1.29, 1.82) is 0 Å². The van der Waals surface area contributed by atoms with E-state index in [4.69, 9.17) is 34.8 Å². The zero-order valence-corrected chi connectivity index (χ0v) is 11.2. The van der Waals surface area contributed by atoms with Crippen LogP contribution in [0.1, 0.15) is 23.7 Å². The molecule has 1 aromatic carbocycles. The summed E-state index contributed by atoms with van der Waals surface area (Å²) in [6.45, 7) is 1.75. The quantitative estimate of drug-likeness (QED) is 0.866. The minimum absolute atomic E-state index is 0.282. The van der Waals surface area contributed by atoms with E-state index in [0.717, 1.165) is 0 Å². The number of benzene rings is 1. The van der Waals surface area contributed by atoms with Crippen molar-refractivity contribution in [3.63, 3.8) is 0 Å². The van der Waals surface area contributed by atoms with E-state index < -0.39 is 17.2 Å². The number of hydrogen-bond acceptors (Lipinski definition) is 2. The SMILES string of the molecule is CCC(NC(=O)c1ccc(Cl)c(Cl)c1)C(=O)Cl. The van der Waals surface area contributed by atoms with Crippen molar-refractivity contribution in [3.8, 4) is 0 Å². The van der Waals surface area contributed by atoms with Crippen molar-refractivity contribution in [2.45, 2.75) is 19.4 Å². The number of carbonyl (C=O) groups excluding carboxylic acids is 2. The molecule has 0 radical (unpaired) electrons. The monoisotopic (exact) mass is 293 g/mol. The molecule has 0 spiro atoms. The van der Waals surface area contributed by atoms with Gasteiger partial charge >= 0.3 is 0 Å². The van der Waals surface area contributed by atoms with E-state index in [0.29, 0.717) is 17.0 Å². The molecule has 0 aliphatic heterocycles. The average Bonchev–Trinajstić information content (AvgIpc) is 2.28. The maximum atomic E-state index is 11.8. The van der Waals surface area contributed by atoms with Gasteiger partial charge in [0, 0.05) is 5.56 Å². The Kier molecular flexibility index (Phi) is 5.25. The lowest BCUT2D eigenvalue weighted by atomic mass is 10.2. The van der Waals surface area contributed by atoms with Crippen LogP contribution in [0.25, 0.3) is 0 Å². The van der Waals surface area contributed by atoms with Gasteiger partial charge in [0.15, 0.2) is 0 Å². The van der Waals surface area contributed by atoms with Crippen molar-refractivity contribution >= 4 is 46.0 Å². The van der Waals surface area contributed by atoms with Crippen LogP contribution in [0.15, 0.2) is 18.2 Å². The number of hydrogen-bond donors (Lipinski definition) is 1. The van der Waals surface area contributed by atoms with Crippen LogP contribution in [-0.4, -0.2) is 17.2 Å². The lowest BCUT2D eigenvalue weighted by Gasteiger charge is -2.12. The van der Waals surface area contributed by atoms with Gasteiger partial charge in [0.2, 0.25) is 5.24 Å². The van der Waals surface area contributed by atoms with Crippen LogP contribution in [0.5, 0.6) is 0 Å². The van der Waals surface area contributed by atoms with E-state index in [1.54, 1.807) is 6.92 Å². The van der Waals surface area contributed by atoms with E-state index in [1.807, 2.05) is 0 Å². The summed E-state index contributed by atoms with van der Waals surface area (Å²) in [5.74, 6) is -0.413. The summed E-state index contributed by atoms with van der Waals surface area (Å²) in [7, 11) is 0. The minimum Gasteiger partial charge on any atom is -0.341 e. The van der Waals surface area contributed by atoms with Gasteiger partial charge in [-0.2, -0.15) is 0 Å². The molecular weight excluding hydrogens is 284 g/mol. The average molecular weight is 295 g/mol. The van der Waals surface area contributed by atoms with Gasteiger partial charge in [-0.1, -0.05) is 30.1 Å². The normalized spacial score (nSPS) is 12.0. The van der Waals surface area contributed by atoms with Crippen molar-refractivity contribution in [2.75, 3.05) is 0 Å². The molecule has 1 atom stereocenters. The molecular formula is C11H10Cl3NO2. The van der Waals surface area contributed by atoms with Crippen LogP contribution in [0, 0.1) is 0 Å². The van der Waals surface area contributed by atoms with Crippen molar-refractivity contribution in [3.05, 3.63) is 33.8 Å². The Morgan fingerprint density at radius 1 is 1.29 bits per heavy atom. The second kappa shape index (κ2) is 6.24. The van der Waals surface area contributed by atoms with Crippen LogP contribution in [0.4, 0.5) is 0 Å². The van der Waals surface area contributed by atoms with Crippen LogP contribution in [0.2, 0.25) is 10.0 Å². The predicted molar refractivity (Wildman–Crippen MR) is 68.9 cm³/mol. The van der Waals surface area contributed by atoms with Gasteiger partial charge in [0.1, 0.15) is 6.04 Å². The largest absolute Gasteiger partial charge is 0.341 e. The smallest absolute Gasteiger partial charge is 0.251 e. The number of halogens is 3. The Labute approximate surface area is 114 Å². The molecule has 1 rings (SSSR count). The van der Waals surface area contributed by atoms with Gasteiger partial charge < -0.3 is 5.32 Å². The molecule has 1 aromatic rings. The molecule has 0 saturated carbocycles. The third-order valence-corrected chi connectivity index (χ3v) is 3.17. The second-order valence-corrected chi connectivity index (χ2v) is 4.55. The topological polar surface area (TPSA) is 46.2 Å². The lowest BCUT2D eigenvalue weighted by molar-refractivity contribution is -0.113. The molecule has 0 aliphatic carbocycles. The Balaban J connectivity index is 2.82.